The number of aromatic nitrogens is 1. The van der Waals surface area contributed by atoms with Crippen LogP contribution in [-0.4, -0.2) is 23.8 Å². The Bertz CT molecular complexity index is 662. The van der Waals surface area contributed by atoms with Crippen molar-refractivity contribution in [1.82, 2.24) is 10.3 Å². The van der Waals surface area contributed by atoms with Gasteiger partial charge in [0.05, 0.1) is 23.9 Å². The van der Waals surface area contributed by atoms with E-state index >= 15 is 0 Å². The second-order valence-electron chi connectivity index (χ2n) is 5.45. The number of thiazole rings is 1. The maximum Gasteiger partial charge on any atom is 0.408 e. The molecule has 0 aliphatic heterocycles. The van der Waals surface area contributed by atoms with Gasteiger partial charge in [-0.3, -0.25) is 0 Å². The van der Waals surface area contributed by atoms with Crippen molar-refractivity contribution in [1.29, 1.82) is 0 Å². The van der Waals surface area contributed by atoms with Crippen LogP contribution in [0.5, 0.6) is 5.75 Å². The van der Waals surface area contributed by atoms with E-state index in [0.29, 0.717) is 12.3 Å². The molecule has 21 heavy (non-hydrogen) atoms. The first-order valence-electron chi connectivity index (χ1n) is 6.42. The van der Waals surface area contributed by atoms with Crippen LogP contribution in [-0.2, 0) is 11.3 Å². The van der Waals surface area contributed by atoms with Crippen LogP contribution in [0.25, 0.3) is 10.2 Å². The van der Waals surface area contributed by atoms with E-state index in [9.17, 15) is 4.79 Å². The van der Waals surface area contributed by atoms with E-state index in [2.05, 4.69) is 22.9 Å². The second-order valence-corrected chi connectivity index (χ2v) is 7.05. The Morgan fingerprint density at radius 2 is 2.14 bits per heavy atom. The largest absolute Gasteiger partial charge is 0.496 e. The predicted octanol–water partition coefficient (Wildman–Crippen LogP) is 3.62. The van der Waals surface area contributed by atoms with E-state index < -0.39 is 11.7 Å². The topological polar surface area (TPSA) is 60.5 Å². The number of carbonyl (C=O) groups excluding carboxylic acids is 1. The molecule has 0 radical (unpaired) electrons. The molecule has 5 nitrogen and oxygen atoms in total. The number of hydrogen-bond acceptors (Lipinski definition) is 6. The quantitative estimate of drug-likeness (QED) is 0.846. The van der Waals surface area contributed by atoms with Gasteiger partial charge in [-0.2, -0.15) is 0 Å². The lowest BCUT2D eigenvalue weighted by atomic mass is 10.2. The third kappa shape index (κ3) is 4.25. The van der Waals surface area contributed by atoms with Crippen molar-refractivity contribution >= 4 is 40.3 Å². The maximum atomic E-state index is 11.6. The number of rotatable bonds is 3. The van der Waals surface area contributed by atoms with E-state index in [0.717, 1.165) is 20.1 Å². The standard InChI is InChI=1S/C14H18N2O3S2/c1-14(2,3)19-13(17)15-7-12-16-8-5-10(20)9(18-4)6-11(8)21-12/h5-6,20H,7H2,1-4H3,(H,15,17). The minimum atomic E-state index is -0.508. The number of alkyl carbamates (subject to hydrolysis) is 1. The number of nitrogens with zero attached hydrogens (tertiary/aromatic N) is 1. The smallest absolute Gasteiger partial charge is 0.408 e. The highest BCUT2D eigenvalue weighted by Crippen LogP contribution is 2.31. The lowest BCUT2D eigenvalue weighted by Crippen LogP contribution is -2.32. The van der Waals surface area contributed by atoms with Crippen LogP contribution >= 0.6 is 24.0 Å². The number of hydrogen-bond donors (Lipinski definition) is 2. The van der Waals surface area contributed by atoms with E-state index in [1.165, 1.54) is 11.3 Å². The molecule has 0 aliphatic carbocycles. The fourth-order valence-corrected chi connectivity index (χ4v) is 2.89. The highest BCUT2D eigenvalue weighted by Gasteiger charge is 2.16. The highest BCUT2D eigenvalue weighted by atomic mass is 32.1. The number of benzene rings is 1. The predicted molar refractivity (Wildman–Crippen MR) is 86.5 cm³/mol. The monoisotopic (exact) mass is 326 g/mol. The minimum absolute atomic E-state index is 0.332. The van der Waals surface area contributed by atoms with E-state index in [1.54, 1.807) is 7.11 Å². The zero-order valence-electron chi connectivity index (χ0n) is 12.4. The van der Waals surface area contributed by atoms with Gasteiger partial charge in [-0.25, -0.2) is 9.78 Å². The van der Waals surface area contributed by atoms with Gasteiger partial charge in [0.25, 0.3) is 0 Å². The van der Waals surface area contributed by atoms with Crippen LogP contribution in [0.2, 0.25) is 0 Å². The normalized spacial score (nSPS) is 11.5. The first-order valence-corrected chi connectivity index (χ1v) is 7.68. The Kier molecular flexibility index (Phi) is 4.63. The van der Waals surface area contributed by atoms with Crippen LogP contribution in [0, 0.1) is 0 Å². The number of ether oxygens (including phenoxy) is 2. The summed E-state index contributed by atoms with van der Waals surface area (Å²) in [4.78, 5) is 16.8. The molecule has 0 fully saturated rings. The molecule has 0 saturated carbocycles. The first-order chi connectivity index (χ1) is 9.78. The number of amides is 1. The molecule has 7 heteroatoms. The summed E-state index contributed by atoms with van der Waals surface area (Å²) in [5.74, 6) is 0.709. The van der Waals surface area contributed by atoms with Gasteiger partial charge in [-0.15, -0.1) is 24.0 Å². The van der Waals surface area contributed by atoms with Gasteiger partial charge in [0.1, 0.15) is 16.4 Å². The Morgan fingerprint density at radius 3 is 2.76 bits per heavy atom. The molecule has 114 valence electrons. The van der Waals surface area contributed by atoms with Crippen LogP contribution in [0.4, 0.5) is 4.79 Å². The summed E-state index contributed by atoms with van der Waals surface area (Å²) in [6.45, 7) is 5.80. The molecule has 1 aromatic heterocycles. The maximum absolute atomic E-state index is 11.6. The molecule has 1 amide bonds. The Morgan fingerprint density at radius 1 is 1.43 bits per heavy atom. The average Bonchev–Trinajstić information content (AvgIpc) is 2.75. The van der Waals surface area contributed by atoms with E-state index in [4.69, 9.17) is 9.47 Å². The second kappa shape index (κ2) is 6.11. The lowest BCUT2D eigenvalue weighted by molar-refractivity contribution is 0.0523. The zero-order chi connectivity index (χ0) is 15.6. The molecule has 2 rings (SSSR count). The Balaban J connectivity index is 2.08. The molecule has 0 unspecified atom stereocenters. The molecule has 1 aromatic carbocycles. The summed E-state index contributed by atoms with van der Waals surface area (Å²) in [6.07, 6.45) is -0.450. The highest BCUT2D eigenvalue weighted by molar-refractivity contribution is 7.80. The van der Waals surface area contributed by atoms with Crippen LogP contribution in [0.1, 0.15) is 25.8 Å². The first kappa shape index (κ1) is 15.9. The van der Waals surface area contributed by atoms with Crippen molar-refractivity contribution in [2.24, 2.45) is 0 Å². The molecule has 0 saturated heterocycles. The van der Waals surface area contributed by atoms with Crippen molar-refractivity contribution in [3.8, 4) is 5.75 Å². The number of thiol groups is 1. The minimum Gasteiger partial charge on any atom is -0.496 e. The third-order valence-corrected chi connectivity index (χ3v) is 3.88. The summed E-state index contributed by atoms with van der Waals surface area (Å²) < 4.78 is 11.4. The average molecular weight is 326 g/mol. The Hall–Kier alpha value is -1.47. The molecule has 1 N–H and O–H groups in total. The summed E-state index contributed by atoms with van der Waals surface area (Å²) in [5, 5.41) is 3.50. The molecule has 2 aromatic rings. The Labute approximate surface area is 133 Å². The molecule has 1 heterocycles. The van der Waals surface area contributed by atoms with Crippen LogP contribution in [0.15, 0.2) is 17.0 Å². The summed E-state index contributed by atoms with van der Waals surface area (Å²) in [5.41, 5.74) is 0.332. The van der Waals surface area contributed by atoms with E-state index in [1.807, 2.05) is 32.9 Å². The van der Waals surface area contributed by atoms with Gasteiger partial charge in [0, 0.05) is 11.0 Å². The molecular formula is C14H18N2O3S2. The van der Waals surface area contributed by atoms with E-state index in [-0.39, 0.29) is 0 Å². The lowest BCUT2D eigenvalue weighted by Gasteiger charge is -2.19. The summed E-state index contributed by atoms with van der Waals surface area (Å²) in [7, 11) is 1.60. The number of methoxy groups -OCH3 is 1. The molecule has 0 atom stereocenters. The fourth-order valence-electron chi connectivity index (χ4n) is 1.69. The fraction of sp³-hybridized carbons (Fsp3) is 0.429. The van der Waals surface area contributed by atoms with Crippen molar-refractivity contribution in [2.45, 2.75) is 37.8 Å². The third-order valence-electron chi connectivity index (χ3n) is 2.52. The van der Waals surface area contributed by atoms with Gasteiger partial charge in [0.2, 0.25) is 0 Å². The van der Waals surface area contributed by atoms with Crippen LogP contribution < -0.4 is 10.1 Å². The van der Waals surface area contributed by atoms with Gasteiger partial charge in [-0.05, 0) is 26.8 Å². The van der Waals surface area contributed by atoms with Crippen molar-refractivity contribution in [3.05, 3.63) is 17.1 Å². The van der Waals surface area contributed by atoms with Gasteiger partial charge >= 0.3 is 6.09 Å². The van der Waals surface area contributed by atoms with Gasteiger partial charge in [-0.1, -0.05) is 0 Å². The molecular weight excluding hydrogens is 308 g/mol. The summed E-state index contributed by atoms with van der Waals surface area (Å²) >= 11 is 5.84. The molecule has 0 bridgehead atoms. The number of fused-ring (bicyclic) bond motifs is 1. The summed E-state index contributed by atoms with van der Waals surface area (Å²) in [6, 6.07) is 3.75. The van der Waals surface area contributed by atoms with Gasteiger partial charge in [0.15, 0.2) is 0 Å². The number of carbonyl (C=O) groups is 1. The van der Waals surface area contributed by atoms with Crippen LogP contribution in [0.3, 0.4) is 0 Å². The zero-order valence-corrected chi connectivity index (χ0v) is 14.1. The van der Waals surface area contributed by atoms with Crippen molar-refractivity contribution in [2.75, 3.05) is 7.11 Å². The van der Waals surface area contributed by atoms with Crippen molar-refractivity contribution in [3.63, 3.8) is 0 Å². The number of nitrogens with one attached hydrogen (secondary N) is 1. The molecule has 0 aliphatic rings. The van der Waals surface area contributed by atoms with Crippen molar-refractivity contribution < 1.29 is 14.3 Å². The van der Waals surface area contributed by atoms with Gasteiger partial charge < -0.3 is 14.8 Å². The molecule has 0 spiro atoms. The SMILES string of the molecule is COc1cc2sc(CNC(=O)OC(C)(C)C)nc2cc1S.